The van der Waals surface area contributed by atoms with Crippen molar-refractivity contribution in [3.8, 4) is 0 Å². The van der Waals surface area contributed by atoms with Crippen LogP contribution in [-0.4, -0.2) is 55.5 Å². The van der Waals surface area contributed by atoms with E-state index in [1.807, 2.05) is 6.92 Å². The van der Waals surface area contributed by atoms with E-state index in [4.69, 9.17) is 9.72 Å². The summed E-state index contributed by atoms with van der Waals surface area (Å²) < 4.78 is 35.5. The van der Waals surface area contributed by atoms with Crippen molar-refractivity contribution >= 4 is 42.6 Å². The number of aromatic nitrogens is 1. The van der Waals surface area contributed by atoms with Crippen LogP contribution in [0.5, 0.6) is 0 Å². The number of benzene rings is 2. The van der Waals surface area contributed by atoms with E-state index in [0.29, 0.717) is 30.4 Å². The standard InChI is InChI=1S/C29H37N3O4S2/c1-4-32(23-9-6-5-7-10-23)38(34,35)25-15-13-22(14-16-25)28(33)31(19-24-11-8-18-36-24)29-30-27-21(3)20(2)12-17-26(27)37-29/h12-17,23-24H,4-11,18-19H2,1-3H3. The summed E-state index contributed by atoms with van der Waals surface area (Å²) in [6, 6.07) is 10.6. The monoisotopic (exact) mass is 555 g/mol. The minimum atomic E-state index is -3.63. The van der Waals surface area contributed by atoms with Crippen molar-refractivity contribution in [2.24, 2.45) is 0 Å². The van der Waals surface area contributed by atoms with Crippen LogP contribution in [0.15, 0.2) is 41.3 Å². The first-order chi connectivity index (χ1) is 18.3. The summed E-state index contributed by atoms with van der Waals surface area (Å²) in [4.78, 5) is 20.6. The van der Waals surface area contributed by atoms with Crippen LogP contribution in [0.4, 0.5) is 5.13 Å². The molecule has 9 heteroatoms. The number of carbonyl (C=O) groups excluding carboxylic acids is 1. The molecule has 1 unspecified atom stereocenters. The molecular weight excluding hydrogens is 518 g/mol. The lowest BCUT2D eigenvalue weighted by Gasteiger charge is -2.32. The third-order valence-corrected chi connectivity index (χ3v) is 11.0. The zero-order valence-electron chi connectivity index (χ0n) is 22.5. The fourth-order valence-electron chi connectivity index (χ4n) is 5.62. The van der Waals surface area contributed by atoms with E-state index in [-0.39, 0.29) is 22.9 Å². The van der Waals surface area contributed by atoms with E-state index in [0.717, 1.165) is 59.9 Å². The van der Waals surface area contributed by atoms with Crippen LogP contribution in [0.1, 0.15) is 73.4 Å². The Morgan fingerprint density at radius 1 is 1.03 bits per heavy atom. The lowest BCUT2D eigenvalue weighted by atomic mass is 9.95. The molecule has 1 aliphatic heterocycles. The van der Waals surface area contributed by atoms with Gasteiger partial charge < -0.3 is 4.74 Å². The highest BCUT2D eigenvalue weighted by atomic mass is 32.2. The highest BCUT2D eigenvalue weighted by molar-refractivity contribution is 7.89. The molecule has 204 valence electrons. The molecule has 7 nitrogen and oxygen atoms in total. The van der Waals surface area contributed by atoms with Crippen LogP contribution in [0.3, 0.4) is 0 Å². The van der Waals surface area contributed by atoms with Gasteiger partial charge >= 0.3 is 0 Å². The molecule has 5 rings (SSSR count). The van der Waals surface area contributed by atoms with Crippen molar-refractivity contribution in [1.29, 1.82) is 0 Å². The van der Waals surface area contributed by atoms with Crippen molar-refractivity contribution in [3.05, 3.63) is 53.1 Å². The number of fused-ring (bicyclic) bond motifs is 1. The van der Waals surface area contributed by atoms with Crippen LogP contribution in [0.25, 0.3) is 10.2 Å². The average Bonchev–Trinajstić information content (AvgIpc) is 3.60. The number of rotatable bonds is 8. The average molecular weight is 556 g/mol. The number of aryl methyl sites for hydroxylation is 2. The Kier molecular flexibility index (Phi) is 8.19. The van der Waals surface area contributed by atoms with Gasteiger partial charge in [0.1, 0.15) is 0 Å². The molecule has 1 saturated carbocycles. The molecule has 2 fully saturated rings. The summed E-state index contributed by atoms with van der Waals surface area (Å²) >= 11 is 1.50. The summed E-state index contributed by atoms with van der Waals surface area (Å²) in [6.45, 7) is 7.58. The molecule has 1 atom stereocenters. The van der Waals surface area contributed by atoms with Crippen molar-refractivity contribution in [2.45, 2.75) is 82.8 Å². The number of thiazole rings is 1. The van der Waals surface area contributed by atoms with Crippen LogP contribution in [-0.2, 0) is 14.8 Å². The zero-order valence-corrected chi connectivity index (χ0v) is 24.1. The molecule has 3 aromatic rings. The molecule has 2 aliphatic rings. The van der Waals surface area contributed by atoms with Gasteiger partial charge in [-0.25, -0.2) is 13.4 Å². The Hall–Kier alpha value is -2.33. The molecule has 1 saturated heterocycles. The van der Waals surface area contributed by atoms with E-state index in [2.05, 4.69) is 26.0 Å². The van der Waals surface area contributed by atoms with Crippen LogP contribution >= 0.6 is 11.3 Å². The van der Waals surface area contributed by atoms with Crippen molar-refractivity contribution in [3.63, 3.8) is 0 Å². The van der Waals surface area contributed by atoms with E-state index in [9.17, 15) is 13.2 Å². The van der Waals surface area contributed by atoms with Gasteiger partial charge in [0.15, 0.2) is 5.13 Å². The second-order valence-corrected chi connectivity index (χ2v) is 13.3. The number of sulfonamides is 1. The Balaban J connectivity index is 1.43. The summed E-state index contributed by atoms with van der Waals surface area (Å²) in [6.07, 6.45) is 6.95. The fourth-order valence-corrected chi connectivity index (χ4v) is 8.35. The number of hydrogen-bond acceptors (Lipinski definition) is 6. The Morgan fingerprint density at radius 3 is 2.42 bits per heavy atom. The van der Waals surface area contributed by atoms with Gasteiger partial charge in [0.2, 0.25) is 10.0 Å². The van der Waals surface area contributed by atoms with Crippen LogP contribution < -0.4 is 4.90 Å². The van der Waals surface area contributed by atoms with Gasteiger partial charge in [-0.15, -0.1) is 0 Å². The molecule has 2 heterocycles. The third kappa shape index (κ3) is 5.39. The lowest BCUT2D eigenvalue weighted by Crippen LogP contribution is -2.41. The summed E-state index contributed by atoms with van der Waals surface area (Å²) in [5.41, 5.74) is 3.63. The number of amides is 1. The predicted octanol–water partition coefficient (Wildman–Crippen LogP) is 6.08. The Bertz CT molecular complexity index is 1390. The van der Waals surface area contributed by atoms with Gasteiger partial charge in [-0.2, -0.15) is 4.31 Å². The lowest BCUT2D eigenvalue weighted by molar-refractivity contribution is 0.0917. The molecule has 2 aromatic carbocycles. The first kappa shape index (κ1) is 27.2. The molecule has 0 spiro atoms. The number of ether oxygens (including phenoxy) is 1. The van der Waals surface area contributed by atoms with Crippen molar-refractivity contribution in [1.82, 2.24) is 9.29 Å². The van der Waals surface area contributed by atoms with Crippen molar-refractivity contribution < 1.29 is 17.9 Å². The summed E-state index contributed by atoms with van der Waals surface area (Å²) in [5, 5.41) is 0.639. The highest BCUT2D eigenvalue weighted by Crippen LogP contribution is 2.34. The summed E-state index contributed by atoms with van der Waals surface area (Å²) in [7, 11) is -3.63. The molecule has 0 N–H and O–H groups in total. The molecule has 0 radical (unpaired) electrons. The topological polar surface area (TPSA) is 79.8 Å². The van der Waals surface area contributed by atoms with Gasteiger partial charge in [-0.05, 0) is 81.0 Å². The molecule has 1 amide bonds. The fraction of sp³-hybridized carbons (Fsp3) is 0.517. The Labute approximate surface area is 229 Å². The van der Waals surface area contributed by atoms with Gasteiger partial charge in [-0.1, -0.05) is 43.6 Å². The predicted molar refractivity (Wildman–Crippen MR) is 153 cm³/mol. The minimum Gasteiger partial charge on any atom is -0.376 e. The van der Waals surface area contributed by atoms with E-state index in [1.165, 1.54) is 17.8 Å². The number of anilines is 1. The highest BCUT2D eigenvalue weighted by Gasteiger charge is 2.32. The molecule has 1 aliphatic carbocycles. The molecule has 38 heavy (non-hydrogen) atoms. The second kappa shape index (κ2) is 11.4. The van der Waals surface area contributed by atoms with Gasteiger partial charge in [0, 0.05) is 24.8 Å². The van der Waals surface area contributed by atoms with Crippen molar-refractivity contribution in [2.75, 3.05) is 24.6 Å². The minimum absolute atomic E-state index is 0.0398. The van der Waals surface area contributed by atoms with E-state index < -0.39 is 10.0 Å². The zero-order chi connectivity index (χ0) is 26.9. The first-order valence-corrected chi connectivity index (χ1v) is 16.0. The van der Waals surface area contributed by atoms with Gasteiger partial charge in [-0.3, -0.25) is 9.69 Å². The number of nitrogens with zero attached hydrogens (tertiary/aromatic N) is 3. The quantitative estimate of drug-likeness (QED) is 0.336. The molecule has 0 bridgehead atoms. The van der Waals surface area contributed by atoms with E-state index >= 15 is 0 Å². The summed E-state index contributed by atoms with van der Waals surface area (Å²) in [5.74, 6) is -0.197. The van der Waals surface area contributed by atoms with Crippen LogP contribution in [0.2, 0.25) is 0 Å². The SMILES string of the molecule is CCN(C1CCCCC1)S(=O)(=O)c1ccc(C(=O)N(CC2CCCO2)c2nc3c(C)c(C)ccc3s2)cc1. The molecule has 1 aromatic heterocycles. The first-order valence-electron chi connectivity index (χ1n) is 13.7. The maximum absolute atomic E-state index is 13.8. The smallest absolute Gasteiger partial charge is 0.260 e. The normalized spacial score (nSPS) is 18.9. The van der Waals surface area contributed by atoms with E-state index in [1.54, 1.807) is 33.5 Å². The van der Waals surface area contributed by atoms with Gasteiger partial charge in [0.25, 0.3) is 5.91 Å². The third-order valence-electron chi connectivity index (χ3n) is 7.96. The maximum Gasteiger partial charge on any atom is 0.260 e. The number of carbonyl (C=O) groups is 1. The second-order valence-electron chi connectivity index (χ2n) is 10.4. The maximum atomic E-state index is 13.8. The van der Waals surface area contributed by atoms with Gasteiger partial charge in [0.05, 0.1) is 27.8 Å². The van der Waals surface area contributed by atoms with Crippen LogP contribution in [0, 0.1) is 13.8 Å². The largest absolute Gasteiger partial charge is 0.376 e. The number of hydrogen-bond donors (Lipinski definition) is 0. The molecular formula is C29H37N3O4S2. The Morgan fingerprint density at radius 2 is 1.76 bits per heavy atom.